The van der Waals surface area contributed by atoms with Gasteiger partial charge in [-0.1, -0.05) is 13.3 Å². The molecule has 8 heteroatoms. The van der Waals surface area contributed by atoms with Crippen molar-refractivity contribution in [2.24, 2.45) is 5.92 Å². The van der Waals surface area contributed by atoms with Crippen LogP contribution in [-0.4, -0.2) is 25.9 Å². The smallest absolute Gasteiger partial charge is 0.289 e. The molecule has 0 spiro atoms. The van der Waals surface area contributed by atoms with Gasteiger partial charge in [0.1, 0.15) is 0 Å². The zero-order valence-corrected chi connectivity index (χ0v) is 12.8. The zero-order chi connectivity index (χ0) is 15.6. The Balaban J connectivity index is 2.35. The zero-order valence-electron chi connectivity index (χ0n) is 12.0. The molecule has 0 aliphatic heterocycles. The van der Waals surface area contributed by atoms with Gasteiger partial charge in [0, 0.05) is 24.3 Å². The molecule has 1 aliphatic carbocycles. The standard InChI is InChI=1S/C13H19N3O4S/c1-3-9-7-11(9)15-21(19,20)13-8-10(14-4-2)5-6-12(13)16(17)18/h5-6,8-9,11,14-15H,3-4,7H2,1-2H3. The third kappa shape index (κ3) is 3.51. The van der Waals surface area contributed by atoms with E-state index in [4.69, 9.17) is 0 Å². The van der Waals surface area contributed by atoms with E-state index in [1.807, 2.05) is 13.8 Å². The van der Waals surface area contributed by atoms with E-state index in [2.05, 4.69) is 10.0 Å². The largest absolute Gasteiger partial charge is 0.385 e. The summed E-state index contributed by atoms with van der Waals surface area (Å²) >= 11 is 0. The fourth-order valence-corrected chi connectivity index (χ4v) is 3.81. The maximum absolute atomic E-state index is 12.4. The molecule has 0 bridgehead atoms. The van der Waals surface area contributed by atoms with E-state index in [0.717, 1.165) is 12.8 Å². The van der Waals surface area contributed by atoms with Crippen molar-refractivity contribution < 1.29 is 13.3 Å². The Morgan fingerprint density at radius 3 is 2.62 bits per heavy atom. The molecular weight excluding hydrogens is 294 g/mol. The lowest BCUT2D eigenvalue weighted by Crippen LogP contribution is -2.27. The fraction of sp³-hybridized carbons (Fsp3) is 0.538. The second-order valence-electron chi connectivity index (χ2n) is 5.10. The molecule has 1 fully saturated rings. The Morgan fingerprint density at radius 1 is 1.38 bits per heavy atom. The highest BCUT2D eigenvalue weighted by molar-refractivity contribution is 7.89. The van der Waals surface area contributed by atoms with Gasteiger partial charge in [-0.2, -0.15) is 0 Å². The Morgan fingerprint density at radius 2 is 2.10 bits per heavy atom. The van der Waals surface area contributed by atoms with E-state index < -0.39 is 20.6 Å². The van der Waals surface area contributed by atoms with Crippen molar-refractivity contribution in [2.45, 2.75) is 37.6 Å². The summed E-state index contributed by atoms with van der Waals surface area (Å²) in [5, 5.41) is 14.0. The van der Waals surface area contributed by atoms with Crippen LogP contribution in [0.3, 0.4) is 0 Å². The number of hydrogen-bond donors (Lipinski definition) is 2. The number of hydrogen-bond acceptors (Lipinski definition) is 5. The van der Waals surface area contributed by atoms with Crippen LogP contribution in [0.4, 0.5) is 11.4 Å². The van der Waals surface area contributed by atoms with Gasteiger partial charge in [0.2, 0.25) is 10.0 Å². The van der Waals surface area contributed by atoms with Gasteiger partial charge in [0.15, 0.2) is 4.90 Å². The summed E-state index contributed by atoms with van der Waals surface area (Å²) in [6, 6.07) is 3.93. The van der Waals surface area contributed by atoms with Crippen molar-refractivity contribution >= 4 is 21.4 Å². The SMILES string of the molecule is CCNc1ccc([N+](=O)[O-])c(S(=O)(=O)NC2CC2CC)c1. The van der Waals surface area contributed by atoms with Crippen molar-refractivity contribution in [2.75, 3.05) is 11.9 Å². The average Bonchev–Trinajstić information content (AvgIpc) is 3.16. The van der Waals surface area contributed by atoms with Crippen molar-refractivity contribution in [1.82, 2.24) is 4.72 Å². The maximum Gasteiger partial charge on any atom is 0.289 e. The van der Waals surface area contributed by atoms with Gasteiger partial charge in [-0.05, 0) is 31.4 Å². The van der Waals surface area contributed by atoms with Crippen molar-refractivity contribution in [3.8, 4) is 0 Å². The first-order valence-corrected chi connectivity index (χ1v) is 8.42. The van der Waals surface area contributed by atoms with Crippen molar-refractivity contribution in [1.29, 1.82) is 0 Å². The van der Waals surface area contributed by atoms with Gasteiger partial charge in [-0.25, -0.2) is 13.1 Å². The number of benzene rings is 1. The van der Waals surface area contributed by atoms with Crippen LogP contribution < -0.4 is 10.0 Å². The lowest BCUT2D eigenvalue weighted by molar-refractivity contribution is -0.387. The molecule has 0 radical (unpaired) electrons. The third-order valence-corrected chi connectivity index (χ3v) is 5.10. The van der Waals surface area contributed by atoms with E-state index in [1.165, 1.54) is 18.2 Å². The summed E-state index contributed by atoms with van der Waals surface area (Å²) < 4.78 is 27.3. The summed E-state index contributed by atoms with van der Waals surface area (Å²) in [7, 11) is -3.89. The van der Waals surface area contributed by atoms with E-state index in [0.29, 0.717) is 18.2 Å². The molecule has 0 aromatic heterocycles. The quantitative estimate of drug-likeness (QED) is 0.593. The highest BCUT2D eigenvalue weighted by Gasteiger charge is 2.40. The number of nitro groups is 1. The lowest BCUT2D eigenvalue weighted by Gasteiger charge is -2.09. The topological polar surface area (TPSA) is 101 Å². The van der Waals surface area contributed by atoms with E-state index in [1.54, 1.807) is 0 Å². The number of nitrogens with zero attached hydrogens (tertiary/aromatic N) is 1. The Kier molecular flexibility index (Phi) is 4.48. The summed E-state index contributed by atoms with van der Waals surface area (Å²) in [6.07, 6.45) is 1.68. The lowest BCUT2D eigenvalue weighted by atomic mass is 10.3. The van der Waals surface area contributed by atoms with Gasteiger partial charge in [0.05, 0.1) is 4.92 Å². The predicted octanol–water partition coefficient (Wildman–Crippen LogP) is 2.10. The van der Waals surface area contributed by atoms with Gasteiger partial charge in [0.25, 0.3) is 5.69 Å². The first-order chi connectivity index (χ1) is 9.89. The maximum atomic E-state index is 12.4. The number of nitrogens with one attached hydrogen (secondary N) is 2. The van der Waals surface area contributed by atoms with Crippen LogP contribution in [-0.2, 0) is 10.0 Å². The summed E-state index contributed by atoms with van der Waals surface area (Å²) in [5.74, 6) is 0.329. The molecule has 0 saturated heterocycles. The van der Waals surface area contributed by atoms with Crippen LogP contribution >= 0.6 is 0 Å². The number of anilines is 1. The molecule has 1 aromatic rings. The van der Waals surface area contributed by atoms with Crippen LogP contribution in [0.15, 0.2) is 23.1 Å². The van der Waals surface area contributed by atoms with Crippen LogP contribution in [0.5, 0.6) is 0 Å². The minimum atomic E-state index is -3.89. The van der Waals surface area contributed by atoms with Gasteiger partial charge >= 0.3 is 0 Å². The molecule has 21 heavy (non-hydrogen) atoms. The molecule has 2 N–H and O–H groups in total. The summed E-state index contributed by atoms with van der Waals surface area (Å²) in [4.78, 5) is 10.1. The highest BCUT2D eigenvalue weighted by atomic mass is 32.2. The minimum Gasteiger partial charge on any atom is -0.385 e. The second-order valence-corrected chi connectivity index (χ2v) is 6.78. The molecule has 7 nitrogen and oxygen atoms in total. The fourth-order valence-electron chi connectivity index (χ4n) is 2.30. The minimum absolute atomic E-state index is 0.109. The third-order valence-electron chi connectivity index (χ3n) is 3.58. The number of nitro benzene ring substituents is 1. The predicted molar refractivity (Wildman–Crippen MR) is 79.8 cm³/mol. The van der Waals surface area contributed by atoms with Crippen LogP contribution in [0.1, 0.15) is 26.7 Å². The molecule has 2 atom stereocenters. The second kappa shape index (κ2) is 5.98. The Bertz CT molecular complexity index is 645. The molecule has 116 valence electrons. The molecule has 0 heterocycles. The molecule has 1 aromatic carbocycles. The molecular formula is C13H19N3O4S. The Labute approximate surface area is 123 Å². The monoisotopic (exact) mass is 313 g/mol. The average molecular weight is 313 g/mol. The molecule has 0 amide bonds. The van der Waals surface area contributed by atoms with Crippen LogP contribution in [0, 0.1) is 16.0 Å². The first-order valence-electron chi connectivity index (χ1n) is 6.93. The van der Waals surface area contributed by atoms with Crippen LogP contribution in [0.25, 0.3) is 0 Å². The first kappa shape index (κ1) is 15.7. The van der Waals surface area contributed by atoms with E-state index >= 15 is 0 Å². The Hall–Kier alpha value is -1.67. The summed E-state index contributed by atoms with van der Waals surface area (Å²) in [6.45, 7) is 4.46. The number of sulfonamides is 1. The molecule has 2 rings (SSSR count). The van der Waals surface area contributed by atoms with E-state index in [9.17, 15) is 18.5 Å². The highest BCUT2D eigenvalue weighted by Crippen LogP contribution is 2.35. The van der Waals surface area contributed by atoms with Gasteiger partial charge in [-0.3, -0.25) is 10.1 Å². The van der Waals surface area contributed by atoms with Crippen LogP contribution in [0.2, 0.25) is 0 Å². The van der Waals surface area contributed by atoms with Gasteiger partial charge in [-0.15, -0.1) is 0 Å². The molecule has 1 saturated carbocycles. The van der Waals surface area contributed by atoms with Gasteiger partial charge < -0.3 is 5.32 Å². The number of rotatable bonds is 7. The van der Waals surface area contributed by atoms with Crippen molar-refractivity contribution in [3.05, 3.63) is 28.3 Å². The molecule has 2 unspecified atom stereocenters. The van der Waals surface area contributed by atoms with Crippen molar-refractivity contribution in [3.63, 3.8) is 0 Å². The molecule has 1 aliphatic rings. The normalized spacial score (nSPS) is 21.0. The van der Waals surface area contributed by atoms with E-state index in [-0.39, 0.29) is 10.9 Å². The summed E-state index contributed by atoms with van der Waals surface area (Å²) in [5.41, 5.74) is 0.143.